The third kappa shape index (κ3) is 8.91. The van der Waals surface area contributed by atoms with Crippen LogP contribution < -0.4 is 34.3 Å². The van der Waals surface area contributed by atoms with Gasteiger partial charge in [0.15, 0.2) is 0 Å². The van der Waals surface area contributed by atoms with Crippen LogP contribution in [0.5, 0.6) is 5.75 Å². The molecule has 3 aromatic rings. The van der Waals surface area contributed by atoms with E-state index in [1.54, 1.807) is 6.26 Å². The summed E-state index contributed by atoms with van der Waals surface area (Å²) in [6.07, 6.45) is 7.91. The number of rotatable bonds is 8. The average Bonchev–Trinajstić information content (AvgIpc) is 2.74. The van der Waals surface area contributed by atoms with Crippen LogP contribution in [0.4, 0.5) is 0 Å². The van der Waals surface area contributed by atoms with Gasteiger partial charge in [0.05, 0.1) is 5.69 Å². The van der Waals surface area contributed by atoms with Crippen LogP contribution >= 0.6 is 0 Å². The van der Waals surface area contributed by atoms with Crippen molar-refractivity contribution in [1.29, 1.82) is 0 Å². The minimum absolute atomic E-state index is 0. The van der Waals surface area contributed by atoms with Crippen LogP contribution in [0, 0.1) is 6.92 Å². The molecule has 1 aromatic heterocycles. The molecule has 1 heterocycles. The topological polar surface area (TPSA) is 35.0 Å². The molecule has 5 heteroatoms. The molecule has 29 heavy (non-hydrogen) atoms. The Bertz CT molecular complexity index is 858. The number of hydrogen-bond acceptors (Lipinski definition) is 4. The zero-order valence-corrected chi connectivity index (χ0v) is 20.8. The van der Waals surface area contributed by atoms with E-state index in [2.05, 4.69) is 72.8 Å². The molecule has 0 saturated heterocycles. The summed E-state index contributed by atoms with van der Waals surface area (Å²) < 4.78 is 5.97. The quantitative estimate of drug-likeness (QED) is 0.321. The van der Waals surface area contributed by atoms with Gasteiger partial charge in [-0.3, -0.25) is 0 Å². The number of benzene rings is 2. The molecule has 0 bridgehead atoms. The predicted octanol–water partition coefficient (Wildman–Crippen LogP) is 2.93. The molecule has 0 amide bonds. The fourth-order valence-electron chi connectivity index (χ4n) is 2.92. The van der Waals surface area contributed by atoms with Crippen molar-refractivity contribution in [2.24, 2.45) is 0 Å². The summed E-state index contributed by atoms with van der Waals surface area (Å²) in [5.74, 6) is 1.77. The molecule has 0 aliphatic rings. The van der Waals surface area contributed by atoms with Crippen molar-refractivity contribution >= 4 is 12.6 Å². The van der Waals surface area contributed by atoms with Crippen LogP contribution in [-0.4, -0.2) is 16.2 Å². The van der Waals surface area contributed by atoms with Crippen molar-refractivity contribution in [2.75, 3.05) is 6.26 Å². The predicted molar refractivity (Wildman–Crippen MR) is 119 cm³/mol. The van der Waals surface area contributed by atoms with Crippen LogP contribution in [0.1, 0.15) is 43.3 Å². The van der Waals surface area contributed by atoms with Gasteiger partial charge < -0.3 is 17.4 Å². The van der Waals surface area contributed by atoms with Gasteiger partial charge in [-0.1, -0.05) is 61.7 Å². The minimum atomic E-state index is 0. The zero-order chi connectivity index (χ0) is 20.2. The Balaban J connectivity index is 0.00000136. The second-order valence-electron chi connectivity index (χ2n) is 6.61. The molecule has 148 valence electrons. The summed E-state index contributed by atoms with van der Waals surface area (Å²) in [4.78, 5) is 8.98. The normalized spacial score (nSPS) is 9.79. The van der Waals surface area contributed by atoms with E-state index in [1.807, 2.05) is 24.4 Å². The Morgan fingerprint density at radius 1 is 0.931 bits per heavy atom. The molecular formula is C24H29N2NaOS. The van der Waals surface area contributed by atoms with E-state index in [9.17, 15) is 0 Å². The fourth-order valence-corrected chi connectivity index (χ4v) is 2.92. The standard InChI is InChI=1S/C23H26N2O.CH4S.Na/c1-3-4-5-12-23-24-14-13-21(25-23)17-26-22-11-7-10-20(16-22)19-9-6-8-18(2)15-19;1-2;/h6-11,13-16H,3-5,12,17H2,1-2H3;2H,1H3;/q;;+1/p-1. The Hall–Kier alpha value is -1.33. The van der Waals surface area contributed by atoms with Gasteiger partial charge in [0.25, 0.3) is 0 Å². The number of unbranched alkanes of at least 4 members (excludes halogenated alkanes) is 2. The molecule has 0 saturated carbocycles. The maximum atomic E-state index is 5.97. The maximum Gasteiger partial charge on any atom is 1.00 e. The maximum absolute atomic E-state index is 5.97. The Kier molecular flexibility index (Phi) is 13.0. The van der Waals surface area contributed by atoms with Gasteiger partial charge in [0.2, 0.25) is 0 Å². The minimum Gasteiger partial charge on any atom is -0.796 e. The molecule has 0 spiro atoms. The number of aromatic nitrogens is 2. The van der Waals surface area contributed by atoms with E-state index in [4.69, 9.17) is 4.74 Å². The third-order valence-electron chi connectivity index (χ3n) is 4.34. The van der Waals surface area contributed by atoms with Crippen molar-refractivity contribution < 1.29 is 34.3 Å². The molecule has 0 N–H and O–H groups in total. The van der Waals surface area contributed by atoms with Crippen molar-refractivity contribution in [3.8, 4) is 16.9 Å². The fraction of sp³-hybridized carbons (Fsp3) is 0.333. The van der Waals surface area contributed by atoms with Gasteiger partial charge in [-0.05, 0) is 42.7 Å². The molecule has 3 nitrogen and oxygen atoms in total. The first kappa shape index (κ1) is 25.7. The van der Waals surface area contributed by atoms with E-state index in [1.165, 1.54) is 24.0 Å². The monoisotopic (exact) mass is 416 g/mol. The Labute approximate surface area is 203 Å². The van der Waals surface area contributed by atoms with Gasteiger partial charge >= 0.3 is 29.6 Å². The first-order valence-electron chi connectivity index (χ1n) is 9.76. The zero-order valence-electron chi connectivity index (χ0n) is 18.0. The van der Waals surface area contributed by atoms with Crippen molar-refractivity contribution in [1.82, 2.24) is 9.97 Å². The van der Waals surface area contributed by atoms with E-state index >= 15 is 0 Å². The first-order chi connectivity index (χ1) is 13.7. The second kappa shape index (κ2) is 14.6. The molecule has 0 unspecified atom stereocenters. The first-order valence-corrected chi connectivity index (χ1v) is 10.6. The number of ether oxygens (including phenoxy) is 1. The summed E-state index contributed by atoms with van der Waals surface area (Å²) in [7, 11) is 0. The summed E-state index contributed by atoms with van der Waals surface area (Å²) in [5, 5.41) is 0. The average molecular weight is 417 g/mol. The molecular weight excluding hydrogens is 387 g/mol. The van der Waals surface area contributed by atoms with Crippen molar-refractivity contribution in [3.63, 3.8) is 0 Å². The molecule has 0 aliphatic heterocycles. The van der Waals surface area contributed by atoms with E-state index in [0.717, 1.165) is 35.7 Å². The Morgan fingerprint density at radius 3 is 2.38 bits per heavy atom. The third-order valence-corrected chi connectivity index (χ3v) is 4.34. The summed E-state index contributed by atoms with van der Waals surface area (Å²) >= 11 is 4.08. The number of hydrogen-bond donors (Lipinski definition) is 0. The van der Waals surface area contributed by atoms with Crippen LogP contribution in [-0.2, 0) is 25.7 Å². The van der Waals surface area contributed by atoms with Crippen LogP contribution in [0.15, 0.2) is 60.8 Å². The van der Waals surface area contributed by atoms with Gasteiger partial charge in [-0.25, -0.2) is 9.97 Å². The largest absolute Gasteiger partial charge is 1.00 e. The van der Waals surface area contributed by atoms with Crippen molar-refractivity contribution in [2.45, 2.75) is 46.1 Å². The smallest absolute Gasteiger partial charge is 0.796 e. The summed E-state index contributed by atoms with van der Waals surface area (Å²) in [6.45, 7) is 4.77. The van der Waals surface area contributed by atoms with Gasteiger partial charge in [-0.15, -0.1) is 0 Å². The number of nitrogens with zero attached hydrogens (tertiary/aromatic N) is 2. The van der Waals surface area contributed by atoms with Crippen LogP contribution in [0.3, 0.4) is 0 Å². The van der Waals surface area contributed by atoms with Gasteiger partial charge in [0.1, 0.15) is 18.2 Å². The summed E-state index contributed by atoms with van der Waals surface area (Å²) in [5.41, 5.74) is 4.54. The van der Waals surface area contributed by atoms with Gasteiger partial charge in [0, 0.05) is 12.6 Å². The molecule has 0 fully saturated rings. The second-order valence-corrected chi connectivity index (χ2v) is 6.61. The van der Waals surface area contributed by atoms with Crippen LogP contribution in [0.2, 0.25) is 0 Å². The van der Waals surface area contributed by atoms with E-state index < -0.39 is 0 Å². The SMILES string of the molecule is CCCCCc1nccc(COc2cccc(-c3cccc(C)c3)c2)n1.C[S-].[Na+]. The van der Waals surface area contributed by atoms with Crippen LogP contribution in [0.25, 0.3) is 11.1 Å². The molecule has 0 aliphatic carbocycles. The molecule has 2 aromatic carbocycles. The van der Waals surface area contributed by atoms with Crippen molar-refractivity contribution in [3.05, 3.63) is 77.9 Å². The molecule has 3 rings (SSSR count). The van der Waals surface area contributed by atoms with E-state index in [0.29, 0.717) is 6.61 Å². The number of aryl methyl sites for hydroxylation is 2. The van der Waals surface area contributed by atoms with Gasteiger partial charge in [-0.2, -0.15) is 6.26 Å². The van der Waals surface area contributed by atoms with E-state index in [-0.39, 0.29) is 29.6 Å². The summed E-state index contributed by atoms with van der Waals surface area (Å²) in [6, 6.07) is 18.6. The molecule has 0 atom stereocenters. The molecule has 0 radical (unpaired) electrons. The Morgan fingerprint density at radius 2 is 1.66 bits per heavy atom.